The van der Waals surface area contributed by atoms with Crippen molar-refractivity contribution in [2.45, 2.75) is 19.9 Å². The molecule has 0 fully saturated rings. The molecule has 0 atom stereocenters. The predicted molar refractivity (Wildman–Crippen MR) is 64.7 cm³/mol. The summed E-state index contributed by atoms with van der Waals surface area (Å²) in [6, 6.07) is 1.64. The summed E-state index contributed by atoms with van der Waals surface area (Å²) in [5.74, 6) is -0.977. The van der Waals surface area contributed by atoms with Crippen LogP contribution in [-0.4, -0.2) is 41.6 Å². The van der Waals surface area contributed by atoms with Crippen molar-refractivity contribution in [3.8, 4) is 5.75 Å². The van der Waals surface area contributed by atoms with Gasteiger partial charge < -0.3 is 14.7 Å². The number of aromatic carboxylic acids is 1. The number of carbonyl (C=O) groups excluding carboxylic acids is 1. The molecule has 0 aromatic carbocycles. The molecule has 0 saturated heterocycles. The molecule has 0 aliphatic carbocycles. The summed E-state index contributed by atoms with van der Waals surface area (Å²) in [5, 5.41) is 10.5. The van der Waals surface area contributed by atoms with Gasteiger partial charge in [0.2, 0.25) is 0 Å². The van der Waals surface area contributed by atoms with Crippen molar-refractivity contribution in [3.63, 3.8) is 0 Å². The van der Waals surface area contributed by atoms with E-state index >= 15 is 0 Å². The van der Waals surface area contributed by atoms with Crippen LogP contribution in [0.1, 0.15) is 23.5 Å². The highest BCUT2D eigenvalue weighted by atomic mass is 32.1. The molecule has 0 aliphatic heterocycles. The summed E-state index contributed by atoms with van der Waals surface area (Å²) in [7, 11) is 1.68. The molecule has 17 heavy (non-hydrogen) atoms. The summed E-state index contributed by atoms with van der Waals surface area (Å²) < 4.78 is 5.21. The summed E-state index contributed by atoms with van der Waals surface area (Å²) in [6.45, 7) is 3.64. The van der Waals surface area contributed by atoms with Crippen LogP contribution < -0.4 is 4.74 Å². The third-order valence-electron chi connectivity index (χ3n) is 2.34. The smallest absolute Gasteiger partial charge is 0.349 e. The number of rotatable bonds is 5. The highest BCUT2D eigenvalue weighted by molar-refractivity contribution is 7.12. The predicted octanol–water partition coefficient (Wildman–Crippen LogP) is 1.69. The fourth-order valence-electron chi connectivity index (χ4n) is 1.10. The van der Waals surface area contributed by atoms with Gasteiger partial charge in [0.1, 0.15) is 5.75 Å². The first-order valence-electron chi connectivity index (χ1n) is 5.12. The number of nitrogens with zero attached hydrogens (tertiary/aromatic N) is 1. The second kappa shape index (κ2) is 5.67. The van der Waals surface area contributed by atoms with Crippen molar-refractivity contribution in [1.82, 2.24) is 4.90 Å². The highest BCUT2D eigenvalue weighted by Crippen LogP contribution is 2.24. The number of hydrogen-bond acceptors (Lipinski definition) is 4. The van der Waals surface area contributed by atoms with Crippen LogP contribution in [0.4, 0.5) is 0 Å². The van der Waals surface area contributed by atoms with Crippen LogP contribution >= 0.6 is 11.3 Å². The Morgan fingerprint density at radius 1 is 1.53 bits per heavy atom. The molecule has 0 aliphatic rings. The molecule has 1 heterocycles. The standard InChI is InChI=1S/C11H15NO4S/c1-7(2)12(3)9(13)6-16-8-4-5-17-10(8)11(14)15/h4-5,7H,6H2,1-3H3,(H,14,15). The van der Waals surface area contributed by atoms with Crippen LogP contribution in [0.25, 0.3) is 0 Å². The zero-order chi connectivity index (χ0) is 13.0. The molecule has 5 nitrogen and oxygen atoms in total. The molecule has 0 saturated carbocycles. The average molecular weight is 257 g/mol. The van der Waals surface area contributed by atoms with Gasteiger partial charge in [-0.25, -0.2) is 4.79 Å². The van der Waals surface area contributed by atoms with Crippen LogP contribution in [0, 0.1) is 0 Å². The molecule has 1 amide bonds. The summed E-state index contributed by atoms with van der Waals surface area (Å²) in [6.07, 6.45) is 0. The van der Waals surface area contributed by atoms with Gasteiger partial charge in [0.05, 0.1) is 0 Å². The van der Waals surface area contributed by atoms with Gasteiger partial charge in [-0.3, -0.25) is 4.79 Å². The third kappa shape index (κ3) is 3.45. The van der Waals surface area contributed by atoms with E-state index < -0.39 is 5.97 Å². The Bertz CT molecular complexity index is 413. The van der Waals surface area contributed by atoms with Gasteiger partial charge in [-0.15, -0.1) is 11.3 Å². The Morgan fingerprint density at radius 3 is 2.71 bits per heavy atom. The van der Waals surface area contributed by atoms with E-state index in [2.05, 4.69) is 0 Å². The van der Waals surface area contributed by atoms with E-state index in [0.717, 1.165) is 11.3 Å². The van der Waals surface area contributed by atoms with E-state index in [-0.39, 0.29) is 29.2 Å². The molecular formula is C11H15NO4S. The first-order valence-corrected chi connectivity index (χ1v) is 6.00. The molecular weight excluding hydrogens is 242 g/mol. The number of carboxylic acid groups (broad SMARTS) is 1. The minimum absolute atomic E-state index is 0.0903. The van der Waals surface area contributed by atoms with Gasteiger partial charge in [0, 0.05) is 13.1 Å². The van der Waals surface area contributed by atoms with Gasteiger partial charge >= 0.3 is 5.97 Å². The molecule has 1 aromatic heterocycles. The Morgan fingerprint density at radius 2 is 2.18 bits per heavy atom. The van der Waals surface area contributed by atoms with E-state index in [4.69, 9.17) is 9.84 Å². The van der Waals surface area contributed by atoms with Crippen LogP contribution in [0.15, 0.2) is 11.4 Å². The van der Waals surface area contributed by atoms with Gasteiger partial charge in [-0.1, -0.05) is 0 Å². The van der Waals surface area contributed by atoms with E-state index in [1.54, 1.807) is 23.4 Å². The lowest BCUT2D eigenvalue weighted by atomic mass is 10.3. The lowest BCUT2D eigenvalue weighted by molar-refractivity contribution is -0.133. The second-order valence-electron chi connectivity index (χ2n) is 3.81. The van der Waals surface area contributed by atoms with Crippen molar-refractivity contribution < 1.29 is 19.4 Å². The van der Waals surface area contributed by atoms with Gasteiger partial charge in [0.15, 0.2) is 11.5 Å². The van der Waals surface area contributed by atoms with Crippen LogP contribution in [-0.2, 0) is 4.79 Å². The maximum Gasteiger partial charge on any atom is 0.349 e. The molecule has 1 aromatic rings. The van der Waals surface area contributed by atoms with Crippen molar-refractivity contribution in [1.29, 1.82) is 0 Å². The summed E-state index contributed by atoms with van der Waals surface area (Å²) >= 11 is 1.07. The second-order valence-corrected chi connectivity index (χ2v) is 4.72. The SMILES string of the molecule is CC(C)N(C)C(=O)COc1ccsc1C(=O)O. The molecule has 1 N–H and O–H groups in total. The number of hydrogen-bond donors (Lipinski definition) is 1. The van der Waals surface area contributed by atoms with Crippen LogP contribution in [0.3, 0.4) is 0 Å². The Hall–Kier alpha value is -1.56. The zero-order valence-corrected chi connectivity index (χ0v) is 10.8. The lowest BCUT2D eigenvalue weighted by Gasteiger charge is -2.21. The topological polar surface area (TPSA) is 66.8 Å². The summed E-state index contributed by atoms with van der Waals surface area (Å²) in [4.78, 5) is 24.1. The number of ether oxygens (including phenoxy) is 1. The first-order chi connectivity index (χ1) is 7.93. The highest BCUT2D eigenvalue weighted by Gasteiger charge is 2.16. The van der Waals surface area contributed by atoms with Crippen LogP contribution in [0.2, 0.25) is 0 Å². The fourth-order valence-corrected chi connectivity index (χ4v) is 1.77. The van der Waals surface area contributed by atoms with Crippen molar-refractivity contribution in [3.05, 3.63) is 16.3 Å². The van der Waals surface area contributed by atoms with E-state index in [1.165, 1.54) is 0 Å². The zero-order valence-electron chi connectivity index (χ0n) is 9.97. The minimum Gasteiger partial charge on any atom is -0.482 e. The Kier molecular flexibility index (Phi) is 4.51. The molecule has 0 radical (unpaired) electrons. The normalized spacial score (nSPS) is 10.4. The Labute approximate surface area is 104 Å². The lowest BCUT2D eigenvalue weighted by Crippen LogP contribution is -2.36. The largest absolute Gasteiger partial charge is 0.482 e. The average Bonchev–Trinajstić information content (AvgIpc) is 2.72. The van der Waals surface area contributed by atoms with Gasteiger partial charge in [-0.2, -0.15) is 0 Å². The van der Waals surface area contributed by atoms with E-state index in [1.807, 2.05) is 13.8 Å². The van der Waals surface area contributed by atoms with E-state index in [0.29, 0.717) is 0 Å². The molecule has 0 unspecified atom stereocenters. The quantitative estimate of drug-likeness (QED) is 0.871. The molecule has 0 bridgehead atoms. The number of thiophene rings is 1. The van der Waals surface area contributed by atoms with Crippen molar-refractivity contribution in [2.24, 2.45) is 0 Å². The van der Waals surface area contributed by atoms with E-state index in [9.17, 15) is 9.59 Å². The van der Waals surface area contributed by atoms with Gasteiger partial charge in [0.25, 0.3) is 5.91 Å². The monoisotopic (exact) mass is 257 g/mol. The maximum absolute atomic E-state index is 11.6. The molecule has 0 spiro atoms. The minimum atomic E-state index is -1.04. The molecule has 1 rings (SSSR count). The number of carbonyl (C=O) groups is 2. The number of carboxylic acids is 1. The van der Waals surface area contributed by atoms with Gasteiger partial charge in [-0.05, 0) is 25.3 Å². The van der Waals surface area contributed by atoms with Crippen molar-refractivity contribution in [2.75, 3.05) is 13.7 Å². The van der Waals surface area contributed by atoms with Crippen LogP contribution in [0.5, 0.6) is 5.75 Å². The maximum atomic E-state index is 11.6. The molecule has 6 heteroatoms. The Balaban J connectivity index is 2.59. The fraction of sp³-hybridized carbons (Fsp3) is 0.455. The number of likely N-dealkylation sites (N-methyl/N-ethyl adjacent to an activating group) is 1. The van der Waals surface area contributed by atoms with Crippen molar-refractivity contribution >= 4 is 23.2 Å². The molecule has 94 valence electrons. The first kappa shape index (κ1) is 13.5. The third-order valence-corrected chi connectivity index (χ3v) is 3.23. The number of amides is 1. The summed E-state index contributed by atoms with van der Waals surface area (Å²) in [5.41, 5.74) is 0.